The van der Waals surface area contributed by atoms with E-state index in [-0.39, 0.29) is 30.3 Å². The zero-order chi connectivity index (χ0) is 31.1. The molecule has 226 valence electrons. The third kappa shape index (κ3) is 7.19. The Morgan fingerprint density at radius 3 is 2.16 bits per heavy atom. The zero-order valence-corrected chi connectivity index (χ0v) is 24.1. The Balaban J connectivity index is 1.23. The van der Waals surface area contributed by atoms with Gasteiger partial charge in [-0.05, 0) is 77.9 Å². The van der Waals surface area contributed by atoms with Crippen LogP contribution in [0.1, 0.15) is 40.2 Å². The maximum absolute atomic E-state index is 13.2. The quantitative estimate of drug-likeness (QED) is 0.155. The Labute approximate surface area is 255 Å². The van der Waals surface area contributed by atoms with Gasteiger partial charge in [0.2, 0.25) is 0 Å². The monoisotopic (exact) mass is 598 g/mol. The average Bonchev–Trinajstić information content (AvgIpc) is 3.05. The van der Waals surface area contributed by atoms with Gasteiger partial charge in [0.05, 0.1) is 11.5 Å². The van der Waals surface area contributed by atoms with E-state index >= 15 is 0 Å². The minimum atomic E-state index is -4.43. The molecule has 44 heavy (non-hydrogen) atoms. The number of nitrogens with one attached hydrogen (secondary N) is 1. The molecule has 5 nitrogen and oxygen atoms in total. The number of benzene rings is 4. The molecule has 0 spiro atoms. The largest absolute Gasteiger partial charge is 0.461 e. The van der Waals surface area contributed by atoms with Gasteiger partial charge in [-0.2, -0.15) is 13.2 Å². The molecule has 1 aliphatic heterocycles. The molecule has 1 heterocycles. The van der Waals surface area contributed by atoms with E-state index in [1.165, 1.54) is 12.1 Å². The summed E-state index contributed by atoms with van der Waals surface area (Å²) in [7, 11) is 0. The minimum Gasteiger partial charge on any atom is -0.461 e. The number of amides is 1. The molecular weight excluding hydrogens is 565 g/mol. The van der Waals surface area contributed by atoms with Crippen LogP contribution in [0.2, 0.25) is 0 Å². The van der Waals surface area contributed by atoms with Gasteiger partial charge < -0.3 is 15.0 Å². The van der Waals surface area contributed by atoms with E-state index in [4.69, 9.17) is 4.74 Å². The molecule has 0 radical (unpaired) electrons. The van der Waals surface area contributed by atoms with Gasteiger partial charge in [-0.1, -0.05) is 73.3 Å². The normalized spacial score (nSPS) is 14.5. The Bertz CT molecular complexity index is 1580. The molecular formula is C36H33F3N2O3. The highest BCUT2D eigenvalue weighted by atomic mass is 19.4. The Morgan fingerprint density at radius 1 is 0.886 bits per heavy atom. The summed E-state index contributed by atoms with van der Waals surface area (Å²) in [5.74, 6) is -0.769. The van der Waals surface area contributed by atoms with Crippen molar-refractivity contribution in [2.24, 2.45) is 5.92 Å². The number of hydrogen-bond donors (Lipinski definition) is 1. The minimum absolute atomic E-state index is 0.147. The number of rotatable bonds is 9. The van der Waals surface area contributed by atoms with Crippen molar-refractivity contribution in [2.75, 3.05) is 29.9 Å². The molecule has 1 amide bonds. The molecule has 4 aromatic rings. The molecule has 8 heteroatoms. The van der Waals surface area contributed by atoms with Crippen molar-refractivity contribution in [3.63, 3.8) is 0 Å². The zero-order valence-electron chi connectivity index (χ0n) is 24.1. The molecule has 1 saturated heterocycles. The standard InChI is InChI=1S/C36H33F3N2O3/c1-2-24-44-35(43)33(26-8-4-3-5-9-26)27-20-22-41(23-21-27)30-18-16-29(17-19-30)40-34(42)32-11-7-6-10-31(32)25-12-14-28(15-13-25)36(37,38)39/h2-19,27,33H,1,20-24H2,(H,40,42). The summed E-state index contributed by atoms with van der Waals surface area (Å²) in [6, 6.07) is 28.9. The summed E-state index contributed by atoms with van der Waals surface area (Å²) in [6.45, 7) is 5.38. The lowest BCUT2D eigenvalue weighted by molar-refractivity contribution is -0.146. The smallest absolute Gasteiger partial charge is 0.416 e. The fourth-order valence-corrected chi connectivity index (χ4v) is 5.71. The fourth-order valence-electron chi connectivity index (χ4n) is 5.71. The first-order chi connectivity index (χ1) is 21.2. The van der Waals surface area contributed by atoms with Crippen LogP contribution in [0.3, 0.4) is 0 Å². The second-order valence-electron chi connectivity index (χ2n) is 10.8. The van der Waals surface area contributed by atoms with E-state index in [2.05, 4.69) is 16.8 Å². The first-order valence-electron chi connectivity index (χ1n) is 14.5. The lowest BCUT2D eigenvalue weighted by Crippen LogP contribution is -2.37. The first kappa shape index (κ1) is 30.6. The number of alkyl halides is 3. The van der Waals surface area contributed by atoms with Crippen LogP contribution in [0.5, 0.6) is 0 Å². The van der Waals surface area contributed by atoms with Gasteiger partial charge >= 0.3 is 12.1 Å². The molecule has 1 aliphatic rings. The van der Waals surface area contributed by atoms with Crippen LogP contribution in [-0.2, 0) is 15.7 Å². The molecule has 0 aromatic heterocycles. The number of esters is 1. The molecule has 1 atom stereocenters. The van der Waals surface area contributed by atoms with Crippen LogP contribution in [0.25, 0.3) is 11.1 Å². The number of anilines is 2. The highest BCUT2D eigenvalue weighted by Crippen LogP contribution is 2.36. The number of carbonyl (C=O) groups excluding carboxylic acids is 2. The molecule has 1 fully saturated rings. The summed E-state index contributed by atoms with van der Waals surface area (Å²) >= 11 is 0. The van der Waals surface area contributed by atoms with Gasteiger partial charge in [0.15, 0.2) is 0 Å². The third-order valence-corrected chi connectivity index (χ3v) is 7.95. The van der Waals surface area contributed by atoms with E-state index in [1.54, 1.807) is 30.3 Å². The van der Waals surface area contributed by atoms with Crippen molar-refractivity contribution < 1.29 is 27.5 Å². The predicted molar refractivity (Wildman–Crippen MR) is 167 cm³/mol. The van der Waals surface area contributed by atoms with Gasteiger partial charge in [-0.15, -0.1) is 0 Å². The van der Waals surface area contributed by atoms with Crippen LogP contribution < -0.4 is 10.2 Å². The Morgan fingerprint density at radius 2 is 1.52 bits per heavy atom. The van der Waals surface area contributed by atoms with Crippen LogP contribution in [0.4, 0.5) is 24.5 Å². The molecule has 5 rings (SSSR count). The maximum Gasteiger partial charge on any atom is 0.416 e. The van der Waals surface area contributed by atoms with Crippen molar-refractivity contribution in [2.45, 2.75) is 24.9 Å². The molecule has 0 aliphatic carbocycles. The van der Waals surface area contributed by atoms with Gasteiger partial charge in [0.1, 0.15) is 6.61 Å². The van der Waals surface area contributed by atoms with Gasteiger partial charge in [0.25, 0.3) is 5.91 Å². The number of nitrogens with zero attached hydrogens (tertiary/aromatic N) is 1. The van der Waals surface area contributed by atoms with Crippen LogP contribution >= 0.6 is 0 Å². The fraction of sp³-hybridized carbons (Fsp3) is 0.222. The number of halogens is 3. The van der Waals surface area contributed by atoms with E-state index in [0.717, 1.165) is 49.3 Å². The summed E-state index contributed by atoms with van der Waals surface area (Å²) in [6.07, 6.45) is -1.21. The van der Waals surface area contributed by atoms with Crippen molar-refractivity contribution in [1.29, 1.82) is 0 Å². The first-order valence-corrected chi connectivity index (χ1v) is 14.5. The highest BCUT2D eigenvalue weighted by molar-refractivity contribution is 6.08. The topological polar surface area (TPSA) is 58.6 Å². The SMILES string of the molecule is C=CCOC(=O)C(c1ccccc1)C1CCN(c2ccc(NC(=O)c3ccccc3-c3ccc(C(F)(F)F)cc3)cc2)CC1. The summed E-state index contributed by atoms with van der Waals surface area (Å²) in [5, 5.41) is 2.91. The second-order valence-corrected chi connectivity index (χ2v) is 10.8. The third-order valence-electron chi connectivity index (χ3n) is 7.95. The number of piperidine rings is 1. The van der Waals surface area contributed by atoms with E-state index < -0.39 is 11.7 Å². The van der Waals surface area contributed by atoms with E-state index in [0.29, 0.717) is 22.4 Å². The van der Waals surface area contributed by atoms with Crippen molar-refractivity contribution in [3.05, 3.63) is 132 Å². The number of carbonyl (C=O) groups is 2. The van der Waals surface area contributed by atoms with Crippen molar-refractivity contribution in [3.8, 4) is 11.1 Å². The summed E-state index contributed by atoms with van der Waals surface area (Å²) in [4.78, 5) is 28.5. The maximum atomic E-state index is 13.2. The van der Waals surface area contributed by atoms with Crippen molar-refractivity contribution in [1.82, 2.24) is 0 Å². The Hall–Kier alpha value is -4.85. The predicted octanol–water partition coefficient (Wildman–Crippen LogP) is 8.35. The van der Waals surface area contributed by atoms with Crippen LogP contribution in [0.15, 0.2) is 116 Å². The van der Waals surface area contributed by atoms with Gasteiger partial charge in [-0.3, -0.25) is 9.59 Å². The van der Waals surface area contributed by atoms with Crippen molar-refractivity contribution >= 4 is 23.3 Å². The van der Waals surface area contributed by atoms with E-state index in [1.807, 2.05) is 54.6 Å². The molecule has 1 unspecified atom stereocenters. The second kappa shape index (κ2) is 13.6. The highest BCUT2D eigenvalue weighted by Gasteiger charge is 2.34. The van der Waals surface area contributed by atoms with Crippen LogP contribution in [-0.4, -0.2) is 31.6 Å². The molecule has 0 saturated carbocycles. The molecule has 4 aromatic carbocycles. The molecule has 0 bridgehead atoms. The Kier molecular flexibility index (Phi) is 9.48. The molecule has 1 N–H and O–H groups in total. The lowest BCUT2D eigenvalue weighted by Gasteiger charge is -2.36. The van der Waals surface area contributed by atoms with Gasteiger partial charge in [0, 0.05) is 30.0 Å². The number of hydrogen-bond acceptors (Lipinski definition) is 4. The van der Waals surface area contributed by atoms with E-state index in [9.17, 15) is 22.8 Å². The summed E-state index contributed by atoms with van der Waals surface area (Å²) < 4.78 is 44.5. The average molecular weight is 599 g/mol. The lowest BCUT2D eigenvalue weighted by atomic mass is 9.80. The number of ether oxygens (including phenoxy) is 1. The summed E-state index contributed by atoms with van der Waals surface area (Å²) in [5.41, 5.74) is 3.25. The van der Waals surface area contributed by atoms with Crippen LogP contribution in [0, 0.1) is 5.92 Å². The van der Waals surface area contributed by atoms with Gasteiger partial charge in [-0.25, -0.2) is 0 Å².